The summed E-state index contributed by atoms with van der Waals surface area (Å²) in [6.45, 7) is 11.6. The molecule has 2 aromatic rings. The number of phenols is 2. The number of hydrogen-bond donors (Lipinski definition) is 2. The van der Waals surface area contributed by atoms with Gasteiger partial charge in [0.1, 0.15) is 18.1 Å². The molecule has 0 atom stereocenters. The van der Waals surface area contributed by atoms with Crippen LogP contribution in [0.4, 0.5) is 0 Å². The molecule has 0 spiro atoms. The van der Waals surface area contributed by atoms with Crippen molar-refractivity contribution in [3.05, 3.63) is 58.7 Å². The zero-order valence-electron chi connectivity index (χ0n) is 22.9. The Bertz CT molecular complexity index is 932. The molecule has 0 aromatic heterocycles. The van der Waals surface area contributed by atoms with Crippen molar-refractivity contribution in [1.29, 1.82) is 0 Å². The molecule has 0 aliphatic rings. The Morgan fingerprint density at radius 2 is 1.35 bits per heavy atom. The second-order valence-electron chi connectivity index (χ2n) is 10.2. The first-order valence-electron chi connectivity index (χ1n) is 13.2. The molecule has 0 bridgehead atoms. The minimum Gasteiger partial charge on any atom is -0.508 e. The Morgan fingerprint density at radius 1 is 0.757 bits per heavy atom. The molecule has 0 radical (unpaired) electrons. The van der Waals surface area contributed by atoms with Crippen molar-refractivity contribution in [2.24, 2.45) is 0 Å². The van der Waals surface area contributed by atoms with Gasteiger partial charge < -0.3 is 29.2 Å². The van der Waals surface area contributed by atoms with Crippen molar-refractivity contribution in [2.75, 3.05) is 46.2 Å². The number of carbonyl (C=O) groups is 1. The van der Waals surface area contributed by atoms with Crippen LogP contribution in [-0.2, 0) is 42.0 Å². The van der Waals surface area contributed by atoms with Gasteiger partial charge in [0.25, 0.3) is 0 Å². The number of benzene rings is 2. The van der Waals surface area contributed by atoms with Gasteiger partial charge in [-0.15, -0.1) is 0 Å². The summed E-state index contributed by atoms with van der Waals surface area (Å²) in [6, 6.07) is 11.1. The zero-order chi connectivity index (χ0) is 27.1. The molecule has 37 heavy (non-hydrogen) atoms. The van der Waals surface area contributed by atoms with Gasteiger partial charge in [0.2, 0.25) is 0 Å². The summed E-state index contributed by atoms with van der Waals surface area (Å²) >= 11 is 0. The first-order chi connectivity index (χ1) is 17.7. The van der Waals surface area contributed by atoms with E-state index in [-0.39, 0.29) is 23.7 Å². The lowest BCUT2D eigenvalue weighted by Crippen LogP contribution is -2.14. The number of rotatable bonds is 17. The summed E-state index contributed by atoms with van der Waals surface area (Å²) in [4.78, 5) is 12.1. The topological polar surface area (TPSA) is 94.5 Å². The Balaban J connectivity index is 1.41. The molecule has 0 saturated heterocycles. The predicted molar refractivity (Wildman–Crippen MR) is 144 cm³/mol. The number of aryl methyl sites for hydroxylation is 3. The number of phenolic OH excluding ortho intramolecular Hbond substituents is 2. The average molecular weight is 517 g/mol. The molecule has 0 aliphatic carbocycles. The number of ether oxygens (including phenoxy) is 4. The Morgan fingerprint density at radius 3 is 1.97 bits per heavy atom. The molecular formula is C30H44O7. The van der Waals surface area contributed by atoms with Gasteiger partial charge in [-0.3, -0.25) is 4.79 Å². The van der Waals surface area contributed by atoms with E-state index < -0.39 is 0 Å². The third-order valence-electron chi connectivity index (χ3n) is 5.92. The Kier molecular flexibility index (Phi) is 13.5. The Labute approximate surface area is 221 Å². The van der Waals surface area contributed by atoms with E-state index in [1.165, 1.54) is 5.56 Å². The predicted octanol–water partition coefficient (Wildman–Crippen LogP) is 5.25. The molecule has 7 heteroatoms. The maximum absolute atomic E-state index is 12.1. The normalized spacial score (nSPS) is 11.6. The van der Waals surface area contributed by atoms with Gasteiger partial charge in [0.15, 0.2) is 0 Å². The van der Waals surface area contributed by atoms with Crippen molar-refractivity contribution in [3.63, 3.8) is 0 Å². The van der Waals surface area contributed by atoms with Crippen molar-refractivity contribution < 1.29 is 34.0 Å². The highest BCUT2D eigenvalue weighted by molar-refractivity contribution is 5.69. The van der Waals surface area contributed by atoms with E-state index in [2.05, 4.69) is 20.8 Å². The summed E-state index contributed by atoms with van der Waals surface area (Å²) in [5, 5.41) is 19.6. The van der Waals surface area contributed by atoms with E-state index in [1.807, 2.05) is 31.2 Å². The van der Waals surface area contributed by atoms with Crippen LogP contribution in [0.3, 0.4) is 0 Å². The van der Waals surface area contributed by atoms with E-state index in [0.29, 0.717) is 58.2 Å². The maximum atomic E-state index is 12.1. The highest BCUT2D eigenvalue weighted by atomic mass is 16.6. The van der Waals surface area contributed by atoms with Crippen molar-refractivity contribution in [1.82, 2.24) is 0 Å². The van der Waals surface area contributed by atoms with E-state index in [1.54, 1.807) is 12.1 Å². The van der Waals surface area contributed by atoms with Crippen LogP contribution in [-0.4, -0.2) is 62.4 Å². The fourth-order valence-electron chi connectivity index (χ4n) is 3.83. The highest BCUT2D eigenvalue weighted by Gasteiger charge is 2.20. The largest absolute Gasteiger partial charge is 0.508 e. The zero-order valence-corrected chi connectivity index (χ0v) is 22.9. The van der Waals surface area contributed by atoms with Gasteiger partial charge in [-0.2, -0.15) is 0 Å². The molecule has 2 rings (SSSR count). The van der Waals surface area contributed by atoms with Crippen LogP contribution in [0.5, 0.6) is 11.5 Å². The van der Waals surface area contributed by atoms with E-state index in [4.69, 9.17) is 18.9 Å². The third kappa shape index (κ3) is 12.5. The van der Waals surface area contributed by atoms with Gasteiger partial charge in [-0.25, -0.2) is 0 Å². The summed E-state index contributed by atoms with van der Waals surface area (Å²) in [7, 11) is 0. The summed E-state index contributed by atoms with van der Waals surface area (Å²) in [5.41, 5.74) is 3.75. The fourth-order valence-corrected chi connectivity index (χ4v) is 3.83. The molecule has 0 aliphatic heterocycles. The van der Waals surface area contributed by atoms with Crippen LogP contribution in [0.1, 0.15) is 62.3 Å². The van der Waals surface area contributed by atoms with Crippen molar-refractivity contribution in [3.8, 4) is 11.5 Å². The van der Waals surface area contributed by atoms with Crippen LogP contribution in [0.15, 0.2) is 36.4 Å². The van der Waals surface area contributed by atoms with Crippen LogP contribution in [0.25, 0.3) is 0 Å². The molecule has 0 saturated carbocycles. The second kappa shape index (κ2) is 16.3. The number of hydrogen-bond acceptors (Lipinski definition) is 7. The third-order valence-corrected chi connectivity index (χ3v) is 5.92. The first kappa shape index (κ1) is 30.6. The highest BCUT2D eigenvalue weighted by Crippen LogP contribution is 2.34. The van der Waals surface area contributed by atoms with Gasteiger partial charge in [0, 0.05) is 26.2 Å². The minimum atomic E-state index is -0.252. The van der Waals surface area contributed by atoms with E-state index in [9.17, 15) is 15.0 Å². The van der Waals surface area contributed by atoms with Crippen LogP contribution < -0.4 is 0 Å². The molecule has 2 aromatic carbocycles. The maximum Gasteiger partial charge on any atom is 0.306 e. The molecule has 7 nitrogen and oxygen atoms in total. The second-order valence-corrected chi connectivity index (χ2v) is 10.2. The van der Waals surface area contributed by atoms with Gasteiger partial charge in [0.05, 0.1) is 19.8 Å². The van der Waals surface area contributed by atoms with Crippen LogP contribution in [0.2, 0.25) is 0 Å². The molecular weight excluding hydrogens is 472 g/mol. The van der Waals surface area contributed by atoms with Crippen molar-refractivity contribution >= 4 is 5.97 Å². The lowest BCUT2D eigenvalue weighted by molar-refractivity contribution is -0.145. The average Bonchev–Trinajstić information content (AvgIpc) is 2.85. The number of esters is 1. The molecule has 0 unspecified atom stereocenters. The minimum absolute atomic E-state index is 0.169. The Hall–Kier alpha value is -2.61. The number of aromatic hydroxyl groups is 2. The summed E-state index contributed by atoms with van der Waals surface area (Å²) in [5.74, 6) is 0.361. The van der Waals surface area contributed by atoms with Gasteiger partial charge in [-0.05, 0) is 72.4 Å². The molecule has 0 heterocycles. The van der Waals surface area contributed by atoms with Gasteiger partial charge in [-0.1, -0.05) is 45.0 Å². The van der Waals surface area contributed by atoms with Crippen LogP contribution >= 0.6 is 0 Å². The van der Waals surface area contributed by atoms with E-state index in [0.717, 1.165) is 36.0 Å². The molecule has 0 fully saturated rings. The fraction of sp³-hybridized carbons (Fsp3) is 0.567. The lowest BCUT2D eigenvalue weighted by atomic mass is 9.83. The summed E-state index contributed by atoms with van der Waals surface area (Å²) < 4.78 is 21.9. The van der Waals surface area contributed by atoms with Crippen LogP contribution in [0, 0.1) is 6.92 Å². The standard InChI is InChI=1S/C30H44O7/c1-23-21-25(22-27(29(23)33)30(2,3)4)10-13-28(32)37-20-19-36-16-6-15-35-18-17-34-14-5-7-24-8-11-26(31)12-9-24/h8-9,11-12,21-22,31,33H,5-7,10,13-20H2,1-4H3. The first-order valence-corrected chi connectivity index (χ1v) is 13.2. The summed E-state index contributed by atoms with van der Waals surface area (Å²) in [6.07, 6.45) is 3.48. The molecule has 0 amide bonds. The molecule has 206 valence electrons. The lowest BCUT2D eigenvalue weighted by Gasteiger charge is -2.22. The van der Waals surface area contributed by atoms with E-state index >= 15 is 0 Å². The SMILES string of the molecule is Cc1cc(CCC(=O)OCCOCCCOCCOCCCc2ccc(O)cc2)cc(C(C)(C)C)c1O. The quantitative estimate of drug-likeness (QED) is 0.219. The molecule has 2 N–H and O–H groups in total. The number of carbonyl (C=O) groups excluding carboxylic acids is 1. The smallest absolute Gasteiger partial charge is 0.306 e. The monoisotopic (exact) mass is 516 g/mol. The van der Waals surface area contributed by atoms with Gasteiger partial charge >= 0.3 is 5.97 Å². The van der Waals surface area contributed by atoms with Crippen molar-refractivity contribution in [2.45, 2.75) is 65.2 Å².